The number of anilines is 1. The molecule has 0 radical (unpaired) electrons. The van der Waals surface area contributed by atoms with E-state index in [0.717, 1.165) is 36.0 Å². The van der Waals surface area contributed by atoms with Crippen LogP contribution >= 0.6 is 0 Å². The molecule has 90 valence electrons. The molecule has 1 aromatic carbocycles. The lowest BCUT2D eigenvalue weighted by Gasteiger charge is -2.11. The molecule has 4 nitrogen and oxygen atoms in total. The molecule has 4 heteroatoms. The topological polar surface area (TPSA) is 63.8 Å². The third-order valence-corrected chi connectivity index (χ3v) is 2.90. The van der Waals surface area contributed by atoms with Crippen molar-refractivity contribution >= 4 is 16.6 Å². The predicted molar refractivity (Wildman–Crippen MR) is 70.9 cm³/mol. The maximum absolute atomic E-state index is 5.88. The smallest absolute Gasteiger partial charge is 0.0950 e. The highest BCUT2D eigenvalue weighted by atomic mass is 15.1. The van der Waals surface area contributed by atoms with E-state index in [9.17, 15) is 0 Å². The van der Waals surface area contributed by atoms with Crippen LogP contribution in [0.3, 0.4) is 0 Å². The fourth-order valence-electron chi connectivity index (χ4n) is 1.74. The summed E-state index contributed by atoms with van der Waals surface area (Å²) in [6, 6.07) is 8.25. The minimum absolute atomic E-state index is 0.267. The summed E-state index contributed by atoms with van der Waals surface area (Å²) >= 11 is 0. The Bertz CT molecular complexity index is 478. The Morgan fingerprint density at radius 1 is 1.35 bits per heavy atom. The molecular formula is C13H18N4. The lowest BCUT2D eigenvalue weighted by Crippen LogP contribution is -2.22. The van der Waals surface area contributed by atoms with Crippen molar-refractivity contribution in [3.05, 3.63) is 30.5 Å². The van der Waals surface area contributed by atoms with Crippen molar-refractivity contribution < 1.29 is 0 Å². The Morgan fingerprint density at radius 3 is 3.00 bits per heavy atom. The van der Waals surface area contributed by atoms with Crippen molar-refractivity contribution in [2.45, 2.75) is 25.8 Å². The largest absolute Gasteiger partial charge is 0.383 e. The van der Waals surface area contributed by atoms with Crippen LogP contribution < -0.4 is 11.1 Å². The summed E-state index contributed by atoms with van der Waals surface area (Å²) in [7, 11) is 0. The summed E-state index contributed by atoms with van der Waals surface area (Å²) in [6.45, 7) is 2.97. The van der Waals surface area contributed by atoms with Gasteiger partial charge in [0, 0.05) is 18.0 Å². The molecule has 0 amide bonds. The Labute approximate surface area is 101 Å². The van der Waals surface area contributed by atoms with Gasteiger partial charge in [-0.1, -0.05) is 25.1 Å². The lowest BCUT2D eigenvalue weighted by atomic mass is 10.1. The maximum Gasteiger partial charge on any atom is 0.0950 e. The van der Waals surface area contributed by atoms with Crippen LogP contribution in [0.2, 0.25) is 0 Å². The van der Waals surface area contributed by atoms with Gasteiger partial charge in [0.1, 0.15) is 0 Å². The number of aromatic nitrogens is 2. The van der Waals surface area contributed by atoms with Crippen LogP contribution in [0.15, 0.2) is 30.5 Å². The maximum atomic E-state index is 5.88. The molecule has 17 heavy (non-hydrogen) atoms. The average Bonchev–Trinajstić information content (AvgIpc) is 2.39. The summed E-state index contributed by atoms with van der Waals surface area (Å²) in [5, 5.41) is 12.5. The molecule has 0 saturated carbocycles. The van der Waals surface area contributed by atoms with Gasteiger partial charge in [0.15, 0.2) is 0 Å². The molecule has 0 bridgehead atoms. The van der Waals surface area contributed by atoms with E-state index in [2.05, 4.69) is 22.4 Å². The number of hydrogen-bond donors (Lipinski definition) is 2. The number of rotatable bonds is 5. The summed E-state index contributed by atoms with van der Waals surface area (Å²) in [6.07, 6.45) is 3.74. The highest BCUT2D eigenvalue weighted by molar-refractivity contribution is 5.90. The Hall–Kier alpha value is -1.68. The highest BCUT2D eigenvalue weighted by Crippen LogP contribution is 2.19. The van der Waals surface area contributed by atoms with Gasteiger partial charge in [-0.3, -0.25) is 0 Å². The van der Waals surface area contributed by atoms with Gasteiger partial charge in [0.05, 0.1) is 17.4 Å². The Kier molecular flexibility index (Phi) is 3.88. The number of fused-ring (bicyclic) bond motifs is 1. The number of hydrogen-bond acceptors (Lipinski definition) is 4. The Balaban J connectivity index is 2.08. The van der Waals surface area contributed by atoms with E-state index in [1.54, 1.807) is 6.20 Å². The predicted octanol–water partition coefficient (Wildman–Crippen LogP) is 2.17. The molecule has 2 aromatic rings. The summed E-state index contributed by atoms with van der Waals surface area (Å²) < 4.78 is 0. The van der Waals surface area contributed by atoms with E-state index in [-0.39, 0.29) is 6.04 Å². The van der Waals surface area contributed by atoms with Crippen LogP contribution in [-0.2, 0) is 0 Å². The molecule has 1 heterocycles. The quantitative estimate of drug-likeness (QED) is 0.826. The van der Waals surface area contributed by atoms with Crippen molar-refractivity contribution in [3.63, 3.8) is 0 Å². The van der Waals surface area contributed by atoms with Crippen LogP contribution in [0, 0.1) is 0 Å². The van der Waals surface area contributed by atoms with Gasteiger partial charge in [-0.15, -0.1) is 0 Å². The van der Waals surface area contributed by atoms with Gasteiger partial charge in [-0.05, 0) is 18.9 Å². The average molecular weight is 230 g/mol. The van der Waals surface area contributed by atoms with Gasteiger partial charge in [-0.25, -0.2) is 0 Å². The Morgan fingerprint density at radius 2 is 2.18 bits per heavy atom. The third kappa shape index (κ3) is 2.91. The van der Waals surface area contributed by atoms with Crippen LogP contribution in [0.5, 0.6) is 0 Å². The van der Waals surface area contributed by atoms with Gasteiger partial charge in [0.25, 0.3) is 0 Å². The zero-order valence-corrected chi connectivity index (χ0v) is 10.1. The van der Waals surface area contributed by atoms with Crippen molar-refractivity contribution in [1.82, 2.24) is 10.2 Å². The molecule has 0 spiro atoms. The first kappa shape index (κ1) is 11.8. The van der Waals surface area contributed by atoms with E-state index in [1.165, 1.54) is 0 Å². The molecule has 2 rings (SSSR count). The summed E-state index contributed by atoms with van der Waals surface area (Å²) in [4.78, 5) is 0. The zero-order valence-electron chi connectivity index (χ0n) is 10.1. The molecule has 1 unspecified atom stereocenters. The fourth-order valence-corrected chi connectivity index (χ4v) is 1.74. The van der Waals surface area contributed by atoms with Crippen LogP contribution in [0.4, 0.5) is 5.69 Å². The molecule has 0 aliphatic rings. The first-order valence-electron chi connectivity index (χ1n) is 6.01. The second kappa shape index (κ2) is 5.59. The molecule has 0 aliphatic carbocycles. The van der Waals surface area contributed by atoms with Crippen LogP contribution in [0.1, 0.15) is 19.8 Å². The number of nitrogens with two attached hydrogens (primary N) is 1. The molecule has 1 aromatic heterocycles. The lowest BCUT2D eigenvalue weighted by molar-refractivity contribution is 0.613. The fraction of sp³-hybridized carbons (Fsp3) is 0.385. The molecular weight excluding hydrogens is 212 g/mol. The number of nitrogens with zero attached hydrogens (tertiary/aromatic N) is 2. The highest BCUT2D eigenvalue weighted by Gasteiger charge is 2.02. The van der Waals surface area contributed by atoms with Crippen LogP contribution in [-0.4, -0.2) is 22.8 Å². The monoisotopic (exact) mass is 230 g/mol. The molecule has 0 saturated heterocycles. The number of nitrogens with one attached hydrogen (secondary N) is 1. The van der Waals surface area contributed by atoms with E-state index < -0.39 is 0 Å². The third-order valence-electron chi connectivity index (χ3n) is 2.90. The van der Waals surface area contributed by atoms with Crippen molar-refractivity contribution in [2.24, 2.45) is 5.73 Å². The molecule has 0 fully saturated rings. The van der Waals surface area contributed by atoms with Crippen molar-refractivity contribution in [2.75, 3.05) is 11.9 Å². The van der Waals surface area contributed by atoms with Gasteiger partial charge in [-0.2, -0.15) is 10.2 Å². The normalized spacial score (nSPS) is 12.6. The SMILES string of the molecule is CCC(N)CCNc1cnnc2ccccc12. The minimum Gasteiger partial charge on any atom is -0.383 e. The standard InChI is InChI=1S/C13H18N4/c1-2-10(14)7-8-15-13-9-16-17-12-6-4-3-5-11(12)13/h3-6,9-10H,2,7-8,14H2,1H3,(H,15,17). The van der Waals surface area contributed by atoms with E-state index in [0.29, 0.717) is 0 Å². The second-order valence-corrected chi connectivity index (χ2v) is 4.16. The van der Waals surface area contributed by atoms with Gasteiger partial charge < -0.3 is 11.1 Å². The summed E-state index contributed by atoms with van der Waals surface area (Å²) in [5.74, 6) is 0. The first-order valence-corrected chi connectivity index (χ1v) is 6.01. The van der Waals surface area contributed by atoms with Crippen molar-refractivity contribution in [1.29, 1.82) is 0 Å². The minimum atomic E-state index is 0.267. The number of benzene rings is 1. The van der Waals surface area contributed by atoms with E-state index in [4.69, 9.17) is 5.73 Å². The zero-order chi connectivity index (χ0) is 12.1. The van der Waals surface area contributed by atoms with Gasteiger partial charge in [0.2, 0.25) is 0 Å². The molecule has 3 N–H and O–H groups in total. The van der Waals surface area contributed by atoms with Crippen molar-refractivity contribution in [3.8, 4) is 0 Å². The molecule has 0 aliphatic heterocycles. The molecule has 1 atom stereocenters. The van der Waals surface area contributed by atoms with Gasteiger partial charge >= 0.3 is 0 Å². The van der Waals surface area contributed by atoms with E-state index >= 15 is 0 Å². The first-order chi connectivity index (χ1) is 8.31. The van der Waals surface area contributed by atoms with Crippen LogP contribution in [0.25, 0.3) is 10.9 Å². The summed E-state index contributed by atoms with van der Waals surface area (Å²) in [5.41, 5.74) is 7.82. The second-order valence-electron chi connectivity index (χ2n) is 4.16. The van der Waals surface area contributed by atoms with E-state index in [1.807, 2.05) is 24.3 Å².